The molecule has 0 spiro atoms. The normalized spacial score (nSPS) is 11.3. The minimum Gasteiger partial charge on any atom is -0.490 e. The Morgan fingerprint density at radius 1 is 0.778 bits per heavy atom. The summed E-state index contributed by atoms with van der Waals surface area (Å²) >= 11 is 0. The third-order valence-corrected chi connectivity index (χ3v) is 3.08. The second-order valence-corrected chi connectivity index (χ2v) is 4.81. The van der Waals surface area contributed by atoms with Crippen LogP contribution in [-0.2, 0) is 0 Å². The molecule has 0 saturated carbocycles. The van der Waals surface area contributed by atoms with E-state index in [2.05, 4.69) is 68.4 Å². The lowest BCUT2D eigenvalue weighted by molar-refractivity contribution is 0.248. The maximum Gasteiger partial charge on any atom is 0.135 e. The SMILES string of the molecule is CC(C)Oc1c2ccccc2cc2ccccc12. The number of benzene rings is 3. The van der Waals surface area contributed by atoms with Gasteiger partial charge < -0.3 is 4.74 Å². The van der Waals surface area contributed by atoms with Gasteiger partial charge in [0, 0.05) is 10.8 Å². The maximum atomic E-state index is 6.04. The highest BCUT2D eigenvalue weighted by Gasteiger charge is 2.09. The smallest absolute Gasteiger partial charge is 0.135 e. The Bertz CT molecular complexity index is 644. The summed E-state index contributed by atoms with van der Waals surface area (Å²) in [6.45, 7) is 4.13. The molecule has 1 nitrogen and oxygen atoms in total. The Morgan fingerprint density at radius 3 is 1.78 bits per heavy atom. The second kappa shape index (κ2) is 4.34. The van der Waals surface area contributed by atoms with E-state index < -0.39 is 0 Å². The van der Waals surface area contributed by atoms with Crippen LogP contribution in [0.3, 0.4) is 0 Å². The van der Waals surface area contributed by atoms with E-state index in [1.165, 1.54) is 21.5 Å². The van der Waals surface area contributed by atoms with Gasteiger partial charge in [0.25, 0.3) is 0 Å². The van der Waals surface area contributed by atoms with Gasteiger partial charge in [-0.3, -0.25) is 0 Å². The van der Waals surface area contributed by atoms with Crippen molar-refractivity contribution in [3.8, 4) is 5.75 Å². The van der Waals surface area contributed by atoms with Gasteiger partial charge in [0.15, 0.2) is 0 Å². The number of hydrogen-bond acceptors (Lipinski definition) is 1. The fraction of sp³-hybridized carbons (Fsp3) is 0.176. The molecule has 18 heavy (non-hydrogen) atoms. The highest BCUT2D eigenvalue weighted by atomic mass is 16.5. The van der Waals surface area contributed by atoms with Gasteiger partial charge in [0.2, 0.25) is 0 Å². The van der Waals surface area contributed by atoms with Crippen LogP contribution in [0.5, 0.6) is 5.75 Å². The quantitative estimate of drug-likeness (QED) is 0.582. The summed E-state index contributed by atoms with van der Waals surface area (Å²) in [5.41, 5.74) is 0. The van der Waals surface area contributed by atoms with Gasteiger partial charge in [-0.1, -0.05) is 48.5 Å². The predicted molar refractivity (Wildman–Crippen MR) is 77.2 cm³/mol. The lowest BCUT2D eigenvalue weighted by Crippen LogP contribution is -2.06. The molecule has 0 radical (unpaired) electrons. The van der Waals surface area contributed by atoms with Gasteiger partial charge in [0.05, 0.1) is 6.10 Å². The molecular formula is C17H16O. The van der Waals surface area contributed by atoms with Gasteiger partial charge in [-0.25, -0.2) is 0 Å². The molecule has 0 saturated heterocycles. The van der Waals surface area contributed by atoms with E-state index >= 15 is 0 Å². The van der Waals surface area contributed by atoms with E-state index in [4.69, 9.17) is 4.74 Å². The van der Waals surface area contributed by atoms with E-state index in [1.54, 1.807) is 0 Å². The molecule has 0 atom stereocenters. The number of hydrogen-bond donors (Lipinski definition) is 0. The van der Waals surface area contributed by atoms with Crippen molar-refractivity contribution in [1.82, 2.24) is 0 Å². The van der Waals surface area contributed by atoms with Crippen molar-refractivity contribution in [2.75, 3.05) is 0 Å². The Hall–Kier alpha value is -2.02. The van der Waals surface area contributed by atoms with Crippen LogP contribution in [0.2, 0.25) is 0 Å². The Morgan fingerprint density at radius 2 is 1.28 bits per heavy atom. The van der Waals surface area contributed by atoms with Crippen LogP contribution in [0.1, 0.15) is 13.8 Å². The maximum absolute atomic E-state index is 6.04. The summed E-state index contributed by atoms with van der Waals surface area (Å²) < 4.78 is 6.04. The monoisotopic (exact) mass is 236 g/mol. The molecule has 0 aliphatic heterocycles. The topological polar surface area (TPSA) is 9.23 Å². The Balaban J connectivity index is 2.41. The molecule has 0 aliphatic carbocycles. The van der Waals surface area contributed by atoms with Gasteiger partial charge >= 0.3 is 0 Å². The molecule has 0 bridgehead atoms. The van der Waals surface area contributed by atoms with Crippen LogP contribution in [0, 0.1) is 0 Å². The van der Waals surface area contributed by atoms with Gasteiger partial charge in [-0.05, 0) is 30.7 Å². The summed E-state index contributed by atoms with van der Waals surface area (Å²) in [5.74, 6) is 0.999. The molecule has 1 heteroatoms. The summed E-state index contributed by atoms with van der Waals surface area (Å²) in [5, 5.41) is 4.83. The molecule has 3 aromatic rings. The minimum absolute atomic E-state index is 0.180. The van der Waals surface area contributed by atoms with E-state index in [0.717, 1.165) is 5.75 Å². The fourth-order valence-corrected chi connectivity index (χ4v) is 2.33. The second-order valence-electron chi connectivity index (χ2n) is 4.81. The first-order valence-electron chi connectivity index (χ1n) is 6.33. The van der Waals surface area contributed by atoms with Crippen LogP contribution in [0.15, 0.2) is 54.6 Å². The van der Waals surface area contributed by atoms with E-state index in [-0.39, 0.29) is 6.10 Å². The average molecular weight is 236 g/mol. The lowest BCUT2D eigenvalue weighted by Gasteiger charge is -2.15. The van der Waals surface area contributed by atoms with E-state index in [0.29, 0.717) is 0 Å². The first-order chi connectivity index (χ1) is 8.75. The van der Waals surface area contributed by atoms with Crippen LogP contribution < -0.4 is 4.74 Å². The first-order valence-corrected chi connectivity index (χ1v) is 6.33. The molecule has 0 fully saturated rings. The average Bonchev–Trinajstić information content (AvgIpc) is 2.38. The third kappa shape index (κ3) is 1.82. The van der Waals surface area contributed by atoms with Gasteiger partial charge in [-0.15, -0.1) is 0 Å². The zero-order valence-corrected chi connectivity index (χ0v) is 10.7. The summed E-state index contributed by atoms with van der Waals surface area (Å²) in [6.07, 6.45) is 0.180. The van der Waals surface area contributed by atoms with Crippen molar-refractivity contribution in [3.05, 3.63) is 54.6 Å². The molecule has 0 amide bonds. The standard InChI is InChI=1S/C17H16O/c1-12(2)18-17-15-9-5-3-7-13(15)11-14-8-4-6-10-16(14)17/h3-12H,1-2H3. The largest absolute Gasteiger partial charge is 0.490 e. The molecule has 90 valence electrons. The number of fused-ring (bicyclic) bond motifs is 2. The summed E-state index contributed by atoms with van der Waals surface area (Å²) in [7, 11) is 0. The highest BCUT2D eigenvalue weighted by molar-refractivity contribution is 6.05. The fourth-order valence-electron chi connectivity index (χ4n) is 2.33. The molecule has 0 aliphatic rings. The molecule has 0 N–H and O–H groups in total. The lowest BCUT2D eigenvalue weighted by atomic mass is 10.0. The zero-order valence-electron chi connectivity index (χ0n) is 10.7. The summed E-state index contributed by atoms with van der Waals surface area (Å²) in [6, 6.07) is 19.0. The van der Waals surface area contributed by atoms with Gasteiger partial charge in [-0.2, -0.15) is 0 Å². The third-order valence-electron chi connectivity index (χ3n) is 3.08. The van der Waals surface area contributed by atoms with Crippen molar-refractivity contribution in [2.24, 2.45) is 0 Å². The van der Waals surface area contributed by atoms with E-state index in [9.17, 15) is 0 Å². The van der Waals surface area contributed by atoms with Crippen molar-refractivity contribution in [3.63, 3.8) is 0 Å². The van der Waals surface area contributed by atoms with Gasteiger partial charge in [0.1, 0.15) is 5.75 Å². The van der Waals surface area contributed by atoms with Crippen molar-refractivity contribution in [1.29, 1.82) is 0 Å². The molecule has 0 unspecified atom stereocenters. The summed E-state index contributed by atoms with van der Waals surface area (Å²) in [4.78, 5) is 0. The van der Waals surface area contributed by atoms with E-state index in [1.807, 2.05) is 0 Å². The van der Waals surface area contributed by atoms with Crippen LogP contribution in [0.4, 0.5) is 0 Å². The molecule has 0 heterocycles. The highest BCUT2D eigenvalue weighted by Crippen LogP contribution is 2.35. The number of rotatable bonds is 2. The van der Waals surface area contributed by atoms with Crippen molar-refractivity contribution in [2.45, 2.75) is 20.0 Å². The van der Waals surface area contributed by atoms with Crippen molar-refractivity contribution < 1.29 is 4.74 Å². The molecule has 3 aromatic carbocycles. The molecular weight excluding hydrogens is 220 g/mol. The van der Waals surface area contributed by atoms with Crippen LogP contribution >= 0.6 is 0 Å². The predicted octanol–water partition coefficient (Wildman–Crippen LogP) is 4.78. The van der Waals surface area contributed by atoms with Crippen LogP contribution in [-0.4, -0.2) is 6.10 Å². The minimum atomic E-state index is 0.180. The van der Waals surface area contributed by atoms with Crippen LogP contribution in [0.25, 0.3) is 21.5 Å². The Labute approximate surface area is 107 Å². The van der Waals surface area contributed by atoms with Crippen molar-refractivity contribution >= 4 is 21.5 Å². The zero-order chi connectivity index (χ0) is 12.5. The molecule has 0 aromatic heterocycles. The number of ether oxygens (including phenoxy) is 1. The Kier molecular flexibility index (Phi) is 2.67. The molecule has 3 rings (SSSR count). The first kappa shape index (κ1) is 11.1.